The average Bonchev–Trinajstić information content (AvgIpc) is 2.46. The molecule has 1 unspecified atom stereocenters. The number of aromatic nitrogens is 3. The summed E-state index contributed by atoms with van der Waals surface area (Å²) in [5.74, 6) is 1.55. The van der Waals surface area contributed by atoms with Gasteiger partial charge in [0.25, 0.3) is 0 Å². The molecule has 2 heterocycles. The van der Waals surface area contributed by atoms with Gasteiger partial charge in [-0.25, -0.2) is 9.97 Å². The summed E-state index contributed by atoms with van der Waals surface area (Å²) in [7, 11) is 1.90. The topological polar surface area (TPSA) is 59.9 Å². The number of ether oxygens (including phenoxy) is 1. The van der Waals surface area contributed by atoms with Gasteiger partial charge in [-0.2, -0.15) is 0 Å². The monoisotopic (exact) mass is 272 g/mol. The minimum absolute atomic E-state index is 0.0191. The number of pyridine rings is 1. The molecule has 0 saturated carbocycles. The van der Waals surface area contributed by atoms with Gasteiger partial charge in [-0.1, -0.05) is 6.92 Å². The normalized spacial score (nSPS) is 12.2. The Morgan fingerprint density at radius 3 is 2.90 bits per heavy atom. The SMILES string of the molecule is CCCOc1cncc(C(NC)c2ccnc(C)n2)c1. The molecule has 5 nitrogen and oxygen atoms in total. The summed E-state index contributed by atoms with van der Waals surface area (Å²) in [5.41, 5.74) is 1.95. The third-order valence-electron chi connectivity index (χ3n) is 2.92. The Hall–Kier alpha value is -2.01. The van der Waals surface area contributed by atoms with Gasteiger partial charge in [0.1, 0.15) is 11.6 Å². The van der Waals surface area contributed by atoms with E-state index in [9.17, 15) is 0 Å². The van der Waals surface area contributed by atoms with Crippen molar-refractivity contribution in [3.05, 3.63) is 47.8 Å². The van der Waals surface area contributed by atoms with Crippen LogP contribution < -0.4 is 10.1 Å². The van der Waals surface area contributed by atoms with Gasteiger partial charge in [0, 0.05) is 12.4 Å². The molecule has 0 aliphatic carbocycles. The molecule has 5 heteroatoms. The summed E-state index contributed by atoms with van der Waals surface area (Å²) < 4.78 is 5.63. The van der Waals surface area contributed by atoms with E-state index in [1.54, 1.807) is 12.4 Å². The van der Waals surface area contributed by atoms with Crippen LogP contribution in [0.3, 0.4) is 0 Å². The lowest BCUT2D eigenvalue weighted by Crippen LogP contribution is -2.19. The van der Waals surface area contributed by atoms with E-state index in [0.29, 0.717) is 6.61 Å². The van der Waals surface area contributed by atoms with Crippen molar-refractivity contribution in [3.63, 3.8) is 0 Å². The van der Waals surface area contributed by atoms with Crippen molar-refractivity contribution in [1.82, 2.24) is 20.3 Å². The molecule has 0 amide bonds. The molecule has 1 N–H and O–H groups in total. The van der Waals surface area contributed by atoms with Crippen LogP contribution in [0.5, 0.6) is 5.75 Å². The van der Waals surface area contributed by atoms with Crippen LogP contribution in [-0.4, -0.2) is 28.6 Å². The van der Waals surface area contributed by atoms with Crippen molar-refractivity contribution in [2.45, 2.75) is 26.3 Å². The predicted molar refractivity (Wildman–Crippen MR) is 77.7 cm³/mol. The Morgan fingerprint density at radius 2 is 2.20 bits per heavy atom. The Morgan fingerprint density at radius 1 is 1.35 bits per heavy atom. The summed E-state index contributed by atoms with van der Waals surface area (Å²) in [6, 6.07) is 3.89. The van der Waals surface area contributed by atoms with Gasteiger partial charge in [-0.05, 0) is 38.1 Å². The predicted octanol–water partition coefficient (Wildman–Crippen LogP) is 2.28. The lowest BCUT2D eigenvalue weighted by Gasteiger charge is -2.17. The highest BCUT2D eigenvalue weighted by atomic mass is 16.5. The van der Waals surface area contributed by atoms with E-state index in [0.717, 1.165) is 29.3 Å². The fraction of sp³-hybridized carbons (Fsp3) is 0.400. The summed E-state index contributed by atoms with van der Waals surface area (Å²) in [6.45, 7) is 4.66. The van der Waals surface area contributed by atoms with Crippen molar-refractivity contribution < 1.29 is 4.74 Å². The molecule has 106 valence electrons. The van der Waals surface area contributed by atoms with Crippen molar-refractivity contribution in [1.29, 1.82) is 0 Å². The zero-order valence-corrected chi connectivity index (χ0v) is 12.1. The zero-order valence-electron chi connectivity index (χ0n) is 12.1. The van der Waals surface area contributed by atoms with Crippen molar-refractivity contribution in [3.8, 4) is 5.75 Å². The fourth-order valence-corrected chi connectivity index (χ4v) is 2.01. The first-order valence-electron chi connectivity index (χ1n) is 6.79. The second-order valence-electron chi connectivity index (χ2n) is 4.55. The van der Waals surface area contributed by atoms with Gasteiger partial charge in [0.05, 0.1) is 24.5 Å². The number of nitrogens with one attached hydrogen (secondary N) is 1. The van der Waals surface area contributed by atoms with E-state index in [1.165, 1.54) is 0 Å². The van der Waals surface area contributed by atoms with Crippen LogP contribution >= 0.6 is 0 Å². The van der Waals surface area contributed by atoms with Gasteiger partial charge >= 0.3 is 0 Å². The third kappa shape index (κ3) is 3.51. The van der Waals surface area contributed by atoms with Crippen LogP contribution in [0, 0.1) is 6.92 Å². The number of aryl methyl sites for hydroxylation is 1. The van der Waals surface area contributed by atoms with Crippen molar-refractivity contribution in [2.75, 3.05) is 13.7 Å². The first-order valence-corrected chi connectivity index (χ1v) is 6.79. The second kappa shape index (κ2) is 6.96. The van der Waals surface area contributed by atoms with E-state index in [4.69, 9.17) is 4.74 Å². The van der Waals surface area contributed by atoms with Crippen LogP contribution in [-0.2, 0) is 0 Å². The maximum absolute atomic E-state index is 5.63. The van der Waals surface area contributed by atoms with Gasteiger partial charge < -0.3 is 10.1 Å². The second-order valence-corrected chi connectivity index (χ2v) is 4.55. The largest absolute Gasteiger partial charge is 0.492 e. The highest BCUT2D eigenvalue weighted by molar-refractivity contribution is 5.31. The summed E-state index contributed by atoms with van der Waals surface area (Å²) in [6.07, 6.45) is 6.31. The van der Waals surface area contributed by atoms with Crippen LogP contribution in [0.1, 0.15) is 36.5 Å². The smallest absolute Gasteiger partial charge is 0.137 e. The third-order valence-corrected chi connectivity index (χ3v) is 2.92. The van der Waals surface area contributed by atoms with E-state index >= 15 is 0 Å². The Balaban J connectivity index is 2.27. The molecule has 0 aliphatic heterocycles. The van der Waals surface area contributed by atoms with Gasteiger partial charge in [-0.15, -0.1) is 0 Å². The Bertz CT molecular complexity index is 559. The minimum atomic E-state index is -0.0191. The van der Waals surface area contributed by atoms with E-state index < -0.39 is 0 Å². The van der Waals surface area contributed by atoms with Crippen LogP contribution in [0.15, 0.2) is 30.7 Å². The van der Waals surface area contributed by atoms with E-state index in [2.05, 4.69) is 27.2 Å². The van der Waals surface area contributed by atoms with Gasteiger partial charge in [-0.3, -0.25) is 4.98 Å². The first kappa shape index (κ1) is 14.4. The van der Waals surface area contributed by atoms with Crippen LogP contribution in [0.2, 0.25) is 0 Å². The van der Waals surface area contributed by atoms with E-state index in [1.807, 2.05) is 32.3 Å². The molecule has 2 rings (SSSR count). The highest BCUT2D eigenvalue weighted by Crippen LogP contribution is 2.22. The maximum atomic E-state index is 5.63. The standard InChI is InChI=1S/C15H20N4O/c1-4-7-20-13-8-12(9-17-10-13)15(16-3)14-5-6-18-11(2)19-14/h5-6,8-10,15-16H,4,7H2,1-3H3. The molecule has 0 saturated heterocycles. The molecule has 0 spiro atoms. The molecule has 0 aromatic carbocycles. The maximum Gasteiger partial charge on any atom is 0.137 e. The molecular weight excluding hydrogens is 252 g/mol. The Labute approximate surface area is 119 Å². The van der Waals surface area contributed by atoms with E-state index in [-0.39, 0.29) is 6.04 Å². The lowest BCUT2D eigenvalue weighted by molar-refractivity contribution is 0.315. The summed E-state index contributed by atoms with van der Waals surface area (Å²) in [5, 5.41) is 3.26. The fourth-order valence-electron chi connectivity index (χ4n) is 2.01. The molecule has 1 atom stereocenters. The number of hydrogen-bond acceptors (Lipinski definition) is 5. The number of hydrogen-bond donors (Lipinski definition) is 1. The molecular formula is C15H20N4O. The molecule has 0 fully saturated rings. The average molecular weight is 272 g/mol. The van der Waals surface area contributed by atoms with Gasteiger partial charge in [0.2, 0.25) is 0 Å². The van der Waals surface area contributed by atoms with Crippen molar-refractivity contribution in [2.24, 2.45) is 0 Å². The number of nitrogens with zero attached hydrogens (tertiary/aromatic N) is 3. The first-order chi connectivity index (χ1) is 9.74. The molecule has 0 aliphatic rings. The highest BCUT2D eigenvalue weighted by Gasteiger charge is 2.15. The van der Waals surface area contributed by atoms with Crippen LogP contribution in [0.4, 0.5) is 0 Å². The minimum Gasteiger partial charge on any atom is -0.492 e. The zero-order chi connectivity index (χ0) is 14.4. The molecule has 2 aromatic rings. The number of rotatable bonds is 6. The molecule has 0 radical (unpaired) electrons. The van der Waals surface area contributed by atoms with Gasteiger partial charge in [0.15, 0.2) is 0 Å². The molecule has 20 heavy (non-hydrogen) atoms. The Kier molecular flexibility index (Phi) is 5.01. The molecule has 2 aromatic heterocycles. The summed E-state index contributed by atoms with van der Waals surface area (Å²) >= 11 is 0. The lowest BCUT2D eigenvalue weighted by atomic mass is 10.1. The van der Waals surface area contributed by atoms with Crippen LogP contribution in [0.25, 0.3) is 0 Å². The molecule has 0 bridgehead atoms. The summed E-state index contributed by atoms with van der Waals surface area (Å²) in [4.78, 5) is 12.8. The quantitative estimate of drug-likeness (QED) is 0.874. The van der Waals surface area contributed by atoms with Crippen molar-refractivity contribution >= 4 is 0 Å².